The topological polar surface area (TPSA) is 86.8 Å². The molecule has 0 unspecified atom stereocenters. The third kappa shape index (κ3) is 7.11. The summed E-state index contributed by atoms with van der Waals surface area (Å²) in [5.74, 6) is -0.834. The number of hydrogen-bond donors (Lipinski definition) is 1. The van der Waals surface area contributed by atoms with E-state index in [1.165, 1.54) is 17.0 Å². The van der Waals surface area contributed by atoms with Crippen LogP contribution in [0.4, 0.5) is 5.69 Å². The predicted octanol–water partition coefficient (Wildman–Crippen LogP) is 4.71. The molecular weight excluding hydrogens is 510 g/mol. The standard InChI is InChI=1S/C28H32ClN3O4S/c1-5-30-28(34)22(4)31(18-23-11-13-24(29)14-12-23)27(33)19-32(25-8-6-7-21(3)17-25)37(35,36)26-15-9-20(2)10-16-26/h6-17,22H,5,18-19H2,1-4H3,(H,30,34)/t22-/m0/s1. The first kappa shape index (κ1) is 28.2. The fourth-order valence-corrected chi connectivity index (χ4v) is 5.37. The van der Waals surface area contributed by atoms with Crippen molar-refractivity contribution in [2.45, 2.75) is 45.2 Å². The van der Waals surface area contributed by atoms with Gasteiger partial charge in [0.25, 0.3) is 10.0 Å². The van der Waals surface area contributed by atoms with Crippen LogP contribution in [0.15, 0.2) is 77.7 Å². The number of rotatable bonds is 10. The van der Waals surface area contributed by atoms with Crippen molar-refractivity contribution in [1.29, 1.82) is 0 Å². The summed E-state index contributed by atoms with van der Waals surface area (Å²) in [4.78, 5) is 28.0. The van der Waals surface area contributed by atoms with Crippen LogP contribution in [0.5, 0.6) is 0 Å². The fraction of sp³-hybridized carbons (Fsp3) is 0.286. The third-order valence-corrected chi connectivity index (χ3v) is 8.00. The molecule has 3 aromatic carbocycles. The van der Waals surface area contributed by atoms with Gasteiger partial charge in [0.1, 0.15) is 12.6 Å². The number of carbonyl (C=O) groups is 2. The molecule has 0 radical (unpaired) electrons. The molecule has 196 valence electrons. The molecule has 7 nitrogen and oxygen atoms in total. The maximum atomic E-state index is 13.8. The Morgan fingerprint density at radius 3 is 2.19 bits per heavy atom. The molecule has 0 aliphatic heterocycles. The molecule has 0 saturated carbocycles. The highest BCUT2D eigenvalue weighted by Crippen LogP contribution is 2.26. The van der Waals surface area contributed by atoms with Gasteiger partial charge in [-0.3, -0.25) is 13.9 Å². The number of anilines is 1. The van der Waals surface area contributed by atoms with E-state index >= 15 is 0 Å². The van der Waals surface area contributed by atoms with Gasteiger partial charge in [-0.15, -0.1) is 0 Å². The van der Waals surface area contributed by atoms with Gasteiger partial charge >= 0.3 is 0 Å². The summed E-state index contributed by atoms with van der Waals surface area (Å²) in [7, 11) is -4.08. The van der Waals surface area contributed by atoms with Crippen molar-refractivity contribution in [1.82, 2.24) is 10.2 Å². The predicted molar refractivity (Wildman–Crippen MR) is 147 cm³/mol. The lowest BCUT2D eigenvalue weighted by Gasteiger charge is -2.32. The van der Waals surface area contributed by atoms with Crippen molar-refractivity contribution in [3.8, 4) is 0 Å². The number of sulfonamides is 1. The average molecular weight is 542 g/mol. The quantitative estimate of drug-likeness (QED) is 0.403. The first-order valence-corrected chi connectivity index (χ1v) is 13.8. The average Bonchev–Trinajstić information content (AvgIpc) is 2.86. The Balaban J connectivity index is 2.02. The molecule has 37 heavy (non-hydrogen) atoms. The Hall–Kier alpha value is -3.36. The van der Waals surface area contributed by atoms with E-state index in [2.05, 4.69) is 5.32 Å². The van der Waals surface area contributed by atoms with Crippen LogP contribution < -0.4 is 9.62 Å². The van der Waals surface area contributed by atoms with Crippen molar-refractivity contribution in [3.05, 3.63) is 94.5 Å². The fourth-order valence-electron chi connectivity index (χ4n) is 3.84. The monoisotopic (exact) mass is 541 g/mol. The zero-order valence-electron chi connectivity index (χ0n) is 21.4. The second-order valence-corrected chi connectivity index (χ2v) is 11.2. The largest absolute Gasteiger partial charge is 0.355 e. The molecule has 1 atom stereocenters. The van der Waals surface area contributed by atoms with E-state index in [1.807, 2.05) is 19.9 Å². The van der Waals surface area contributed by atoms with E-state index in [4.69, 9.17) is 11.6 Å². The summed E-state index contributed by atoms with van der Waals surface area (Å²) in [6.45, 7) is 7.19. The Morgan fingerprint density at radius 2 is 1.59 bits per heavy atom. The summed E-state index contributed by atoms with van der Waals surface area (Å²) >= 11 is 6.01. The van der Waals surface area contributed by atoms with Crippen LogP contribution >= 0.6 is 11.6 Å². The first-order valence-electron chi connectivity index (χ1n) is 12.0. The number of carbonyl (C=O) groups excluding carboxylic acids is 2. The highest BCUT2D eigenvalue weighted by Gasteiger charge is 2.32. The summed E-state index contributed by atoms with van der Waals surface area (Å²) in [6, 6.07) is 19.6. The second-order valence-electron chi connectivity index (χ2n) is 8.88. The number of halogens is 1. The first-order chi connectivity index (χ1) is 17.5. The van der Waals surface area contributed by atoms with E-state index in [0.29, 0.717) is 17.3 Å². The molecule has 0 heterocycles. The van der Waals surface area contributed by atoms with Crippen molar-refractivity contribution >= 4 is 39.1 Å². The molecular formula is C28H32ClN3O4S. The Bertz CT molecular complexity index is 1340. The van der Waals surface area contributed by atoms with Crippen molar-refractivity contribution in [2.24, 2.45) is 0 Å². The minimum absolute atomic E-state index is 0.0773. The van der Waals surface area contributed by atoms with Gasteiger partial charge in [0, 0.05) is 18.1 Å². The second kappa shape index (κ2) is 12.3. The highest BCUT2D eigenvalue weighted by molar-refractivity contribution is 7.92. The minimum atomic E-state index is -4.08. The summed E-state index contributed by atoms with van der Waals surface area (Å²) in [5, 5.41) is 3.29. The van der Waals surface area contributed by atoms with Crippen LogP contribution in [0, 0.1) is 13.8 Å². The van der Waals surface area contributed by atoms with Crippen molar-refractivity contribution in [3.63, 3.8) is 0 Å². The van der Waals surface area contributed by atoms with Crippen molar-refractivity contribution in [2.75, 3.05) is 17.4 Å². The molecule has 0 aromatic heterocycles. The highest BCUT2D eigenvalue weighted by atomic mass is 35.5. The van der Waals surface area contributed by atoms with E-state index in [9.17, 15) is 18.0 Å². The van der Waals surface area contributed by atoms with Crippen LogP contribution in [0.3, 0.4) is 0 Å². The van der Waals surface area contributed by atoms with Crippen LogP contribution in [-0.2, 0) is 26.2 Å². The number of hydrogen-bond acceptors (Lipinski definition) is 4. The zero-order chi connectivity index (χ0) is 27.2. The van der Waals surface area contributed by atoms with Gasteiger partial charge in [0.15, 0.2) is 0 Å². The summed E-state index contributed by atoms with van der Waals surface area (Å²) in [6.07, 6.45) is 0. The van der Waals surface area contributed by atoms with Crippen LogP contribution in [-0.4, -0.2) is 44.3 Å². The molecule has 0 aliphatic rings. The van der Waals surface area contributed by atoms with Crippen LogP contribution in [0.1, 0.15) is 30.5 Å². The number of benzene rings is 3. The Morgan fingerprint density at radius 1 is 0.946 bits per heavy atom. The van der Waals surface area contributed by atoms with Gasteiger partial charge in [-0.1, -0.05) is 53.6 Å². The molecule has 0 fully saturated rings. The number of amides is 2. The lowest BCUT2D eigenvalue weighted by Crippen LogP contribution is -2.51. The van der Waals surface area contributed by atoms with E-state index < -0.39 is 28.5 Å². The molecule has 1 N–H and O–H groups in total. The summed E-state index contributed by atoms with van der Waals surface area (Å²) < 4.78 is 28.7. The van der Waals surface area contributed by atoms with Gasteiger partial charge in [0.2, 0.25) is 11.8 Å². The SMILES string of the molecule is CCNC(=O)[C@H](C)N(Cc1ccc(Cl)cc1)C(=O)CN(c1cccc(C)c1)S(=O)(=O)c1ccc(C)cc1. The minimum Gasteiger partial charge on any atom is -0.355 e. The van der Waals surface area contributed by atoms with Gasteiger partial charge in [-0.25, -0.2) is 8.42 Å². The molecule has 0 saturated heterocycles. The third-order valence-electron chi connectivity index (χ3n) is 5.96. The maximum absolute atomic E-state index is 13.8. The molecule has 3 aromatic rings. The lowest BCUT2D eigenvalue weighted by molar-refractivity contribution is -0.139. The van der Waals surface area contributed by atoms with Gasteiger partial charge in [-0.2, -0.15) is 0 Å². The van der Waals surface area contributed by atoms with Crippen LogP contribution in [0.2, 0.25) is 5.02 Å². The zero-order valence-corrected chi connectivity index (χ0v) is 23.0. The van der Waals surface area contributed by atoms with Gasteiger partial charge in [0.05, 0.1) is 10.6 Å². The Kier molecular flexibility index (Phi) is 9.34. The van der Waals surface area contributed by atoms with E-state index in [0.717, 1.165) is 21.0 Å². The smallest absolute Gasteiger partial charge is 0.264 e. The molecule has 0 bridgehead atoms. The van der Waals surface area contributed by atoms with Crippen LogP contribution in [0.25, 0.3) is 0 Å². The van der Waals surface area contributed by atoms with Gasteiger partial charge in [-0.05, 0) is 75.2 Å². The van der Waals surface area contributed by atoms with E-state index in [-0.39, 0.29) is 17.3 Å². The molecule has 0 spiro atoms. The van der Waals surface area contributed by atoms with E-state index in [1.54, 1.807) is 68.4 Å². The normalized spacial score (nSPS) is 12.0. The van der Waals surface area contributed by atoms with Gasteiger partial charge < -0.3 is 10.2 Å². The number of nitrogens with zero attached hydrogens (tertiary/aromatic N) is 2. The molecule has 2 amide bonds. The number of aryl methyl sites for hydroxylation is 2. The maximum Gasteiger partial charge on any atom is 0.264 e. The molecule has 3 rings (SSSR count). The summed E-state index contributed by atoms with van der Waals surface area (Å²) in [5.41, 5.74) is 2.90. The lowest BCUT2D eigenvalue weighted by atomic mass is 10.1. The molecule has 9 heteroatoms. The van der Waals surface area contributed by atoms with Crippen molar-refractivity contribution < 1.29 is 18.0 Å². The molecule has 0 aliphatic carbocycles. The number of nitrogens with one attached hydrogen (secondary N) is 1. The number of likely N-dealkylation sites (N-methyl/N-ethyl adjacent to an activating group) is 1. The Labute approximate surface area is 224 Å².